The summed E-state index contributed by atoms with van der Waals surface area (Å²) in [4.78, 5) is 16.3. The van der Waals surface area contributed by atoms with Crippen LogP contribution in [0.1, 0.15) is 44.6 Å². The number of carboxylic acids is 1. The van der Waals surface area contributed by atoms with Crippen molar-refractivity contribution in [3.63, 3.8) is 0 Å². The Bertz CT molecular complexity index is 631. The zero-order valence-electron chi connectivity index (χ0n) is 16.5. The van der Waals surface area contributed by atoms with Crippen LogP contribution in [0.2, 0.25) is 0 Å². The molecule has 1 aliphatic carbocycles. The van der Waals surface area contributed by atoms with E-state index < -0.39 is 12.1 Å². The van der Waals surface area contributed by atoms with Crippen molar-refractivity contribution in [2.75, 3.05) is 33.3 Å². The molecular formula is C21H32N2O4. The van der Waals surface area contributed by atoms with E-state index in [1.165, 1.54) is 38.6 Å². The van der Waals surface area contributed by atoms with Crippen LogP contribution in [0.15, 0.2) is 18.2 Å². The van der Waals surface area contributed by atoms with E-state index in [0.717, 1.165) is 37.8 Å². The van der Waals surface area contributed by atoms with E-state index in [9.17, 15) is 9.90 Å². The van der Waals surface area contributed by atoms with Gasteiger partial charge in [-0.15, -0.1) is 0 Å². The van der Waals surface area contributed by atoms with E-state index in [4.69, 9.17) is 9.47 Å². The molecule has 1 N–H and O–H groups in total. The monoisotopic (exact) mass is 376 g/mol. The summed E-state index contributed by atoms with van der Waals surface area (Å²) >= 11 is 0. The summed E-state index contributed by atoms with van der Waals surface area (Å²) in [5, 5.41) is 9.21. The maximum atomic E-state index is 11.2. The van der Waals surface area contributed by atoms with Crippen LogP contribution in [0, 0.1) is 0 Å². The molecule has 2 fully saturated rings. The van der Waals surface area contributed by atoms with Gasteiger partial charge in [-0.3, -0.25) is 9.80 Å². The summed E-state index contributed by atoms with van der Waals surface area (Å²) in [6.45, 7) is 6.66. The molecule has 3 rings (SSSR count). The van der Waals surface area contributed by atoms with Crippen molar-refractivity contribution in [3.05, 3.63) is 23.8 Å². The highest BCUT2D eigenvalue weighted by atomic mass is 16.5. The lowest BCUT2D eigenvalue weighted by Gasteiger charge is -2.27. The Morgan fingerprint density at radius 3 is 2.67 bits per heavy atom. The van der Waals surface area contributed by atoms with Crippen LogP contribution < -0.4 is 9.47 Å². The second kappa shape index (κ2) is 9.42. The van der Waals surface area contributed by atoms with Crippen LogP contribution in [-0.2, 0) is 11.3 Å². The van der Waals surface area contributed by atoms with Crippen molar-refractivity contribution in [2.24, 2.45) is 0 Å². The normalized spacial score (nSPS) is 21.0. The van der Waals surface area contributed by atoms with Crippen molar-refractivity contribution in [3.8, 4) is 11.5 Å². The van der Waals surface area contributed by atoms with Gasteiger partial charge in [-0.25, -0.2) is 4.79 Å². The zero-order chi connectivity index (χ0) is 19.2. The van der Waals surface area contributed by atoms with Crippen LogP contribution >= 0.6 is 0 Å². The van der Waals surface area contributed by atoms with E-state index in [-0.39, 0.29) is 0 Å². The molecule has 1 heterocycles. The molecule has 1 atom stereocenters. The van der Waals surface area contributed by atoms with Crippen LogP contribution in [-0.4, -0.2) is 66.3 Å². The largest absolute Gasteiger partial charge is 0.493 e. The quantitative estimate of drug-likeness (QED) is 0.789. The summed E-state index contributed by atoms with van der Waals surface area (Å²) in [7, 11) is 1.59. The molecule has 0 unspecified atom stereocenters. The third-order valence-corrected chi connectivity index (χ3v) is 5.78. The van der Waals surface area contributed by atoms with E-state index in [2.05, 4.69) is 9.80 Å². The minimum atomic E-state index is -0.978. The molecule has 0 bridgehead atoms. The zero-order valence-corrected chi connectivity index (χ0v) is 16.5. The number of methoxy groups -OCH3 is 1. The molecule has 27 heavy (non-hydrogen) atoms. The third kappa shape index (κ3) is 5.14. The smallest absolute Gasteiger partial charge is 0.344 e. The van der Waals surface area contributed by atoms with Gasteiger partial charge in [0.05, 0.1) is 7.11 Å². The van der Waals surface area contributed by atoms with E-state index in [1.807, 2.05) is 18.2 Å². The fourth-order valence-corrected chi connectivity index (χ4v) is 4.23. The SMILES string of the molecule is COc1cccc(CN2CCCN(C3CCCC3)CC2)c1O[C@@H](C)C(=O)O. The number of ether oxygens (including phenoxy) is 2. The highest BCUT2D eigenvalue weighted by molar-refractivity contribution is 5.72. The second-order valence-corrected chi connectivity index (χ2v) is 7.65. The van der Waals surface area contributed by atoms with Gasteiger partial charge in [-0.1, -0.05) is 25.0 Å². The highest BCUT2D eigenvalue weighted by Crippen LogP contribution is 2.33. The van der Waals surface area contributed by atoms with Crippen LogP contribution in [0.5, 0.6) is 11.5 Å². The van der Waals surface area contributed by atoms with Crippen molar-refractivity contribution in [1.29, 1.82) is 0 Å². The lowest BCUT2D eigenvalue weighted by molar-refractivity contribution is -0.144. The van der Waals surface area contributed by atoms with Gasteiger partial charge in [0.2, 0.25) is 0 Å². The van der Waals surface area contributed by atoms with Gasteiger partial charge in [0, 0.05) is 31.2 Å². The average Bonchev–Trinajstić information content (AvgIpc) is 3.10. The highest BCUT2D eigenvalue weighted by Gasteiger charge is 2.25. The van der Waals surface area contributed by atoms with Crippen molar-refractivity contribution >= 4 is 5.97 Å². The number of hydrogen-bond acceptors (Lipinski definition) is 5. The Balaban J connectivity index is 1.68. The minimum absolute atomic E-state index is 0.548. The third-order valence-electron chi connectivity index (χ3n) is 5.78. The van der Waals surface area contributed by atoms with Crippen LogP contribution in [0.25, 0.3) is 0 Å². The molecule has 1 aromatic rings. The van der Waals surface area contributed by atoms with E-state index in [1.54, 1.807) is 14.0 Å². The van der Waals surface area contributed by atoms with Crippen molar-refractivity contribution < 1.29 is 19.4 Å². The van der Waals surface area contributed by atoms with Crippen molar-refractivity contribution in [1.82, 2.24) is 9.80 Å². The first-order valence-corrected chi connectivity index (χ1v) is 10.1. The number of carboxylic acid groups (broad SMARTS) is 1. The van der Waals surface area contributed by atoms with Gasteiger partial charge in [0.25, 0.3) is 0 Å². The number of para-hydroxylation sites is 1. The molecule has 0 spiro atoms. The molecule has 6 heteroatoms. The Hall–Kier alpha value is -1.79. The number of nitrogens with zero attached hydrogens (tertiary/aromatic N) is 2. The van der Waals surface area contributed by atoms with Gasteiger partial charge in [0.1, 0.15) is 0 Å². The summed E-state index contributed by atoms with van der Waals surface area (Å²) in [5.74, 6) is 0.156. The first-order chi connectivity index (χ1) is 13.1. The fraction of sp³-hybridized carbons (Fsp3) is 0.667. The molecule has 6 nitrogen and oxygen atoms in total. The summed E-state index contributed by atoms with van der Waals surface area (Å²) in [6, 6.07) is 6.54. The number of benzene rings is 1. The van der Waals surface area contributed by atoms with E-state index >= 15 is 0 Å². The molecule has 0 amide bonds. The van der Waals surface area contributed by atoms with Gasteiger partial charge in [-0.2, -0.15) is 0 Å². The Labute approximate surface area is 162 Å². The minimum Gasteiger partial charge on any atom is -0.493 e. The van der Waals surface area contributed by atoms with Crippen LogP contribution in [0.3, 0.4) is 0 Å². The van der Waals surface area contributed by atoms with Gasteiger partial charge >= 0.3 is 5.97 Å². The van der Waals surface area contributed by atoms with Crippen LogP contribution in [0.4, 0.5) is 0 Å². The molecule has 1 saturated carbocycles. The summed E-state index contributed by atoms with van der Waals surface area (Å²) in [5.41, 5.74) is 0.983. The number of hydrogen-bond donors (Lipinski definition) is 1. The predicted octanol–water partition coefficient (Wildman–Crippen LogP) is 3.00. The van der Waals surface area contributed by atoms with Gasteiger partial charge in [-0.05, 0) is 45.3 Å². The first kappa shape index (κ1) is 20.0. The molecule has 1 saturated heterocycles. The molecule has 0 radical (unpaired) electrons. The summed E-state index contributed by atoms with van der Waals surface area (Å²) < 4.78 is 11.2. The maximum Gasteiger partial charge on any atom is 0.344 e. The lowest BCUT2D eigenvalue weighted by atomic mass is 10.1. The Morgan fingerprint density at radius 2 is 1.96 bits per heavy atom. The summed E-state index contributed by atoms with van der Waals surface area (Å²) in [6.07, 6.45) is 5.69. The molecule has 150 valence electrons. The average molecular weight is 376 g/mol. The van der Waals surface area contributed by atoms with Gasteiger partial charge in [0.15, 0.2) is 17.6 Å². The van der Waals surface area contributed by atoms with Gasteiger partial charge < -0.3 is 14.6 Å². The molecule has 1 aliphatic heterocycles. The lowest BCUT2D eigenvalue weighted by Crippen LogP contribution is -2.36. The maximum absolute atomic E-state index is 11.2. The predicted molar refractivity (Wildman–Crippen MR) is 104 cm³/mol. The molecule has 0 aromatic heterocycles. The first-order valence-electron chi connectivity index (χ1n) is 10.1. The Kier molecular flexibility index (Phi) is 6.96. The molecular weight excluding hydrogens is 344 g/mol. The number of carbonyl (C=O) groups is 1. The second-order valence-electron chi connectivity index (χ2n) is 7.65. The molecule has 1 aromatic carbocycles. The number of rotatable bonds is 7. The standard InChI is InChI=1S/C21H32N2O4/c1-16(21(24)25)27-20-17(7-5-10-19(20)26-2)15-22-11-6-12-23(14-13-22)18-8-3-4-9-18/h5,7,10,16,18H,3-4,6,8-9,11-15H2,1-2H3,(H,24,25)/t16-/m0/s1. The van der Waals surface area contributed by atoms with E-state index in [0.29, 0.717) is 11.5 Å². The number of aliphatic carboxylic acids is 1. The Morgan fingerprint density at radius 1 is 1.19 bits per heavy atom. The van der Waals surface area contributed by atoms with Crippen molar-refractivity contribution in [2.45, 2.75) is 57.7 Å². The molecule has 2 aliphatic rings. The fourth-order valence-electron chi connectivity index (χ4n) is 4.23. The topological polar surface area (TPSA) is 62.2 Å².